The molecule has 0 aromatic carbocycles. The van der Waals surface area contributed by atoms with E-state index >= 15 is 0 Å². The predicted molar refractivity (Wildman–Crippen MR) is 79.0 cm³/mol. The summed E-state index contributed by atoms with van der Waals surface area (Å²) in [6.07, 6.45) is 3.62. The van der Waals surface area contributed by atoms with Gasteiger partial charge in [0.05, 0.1) is 6.04 Å². The third-order valence-electron chi connectivity index (χ3n) is 3.74. The van der Waals surface area contributed by atoms with E-state index in [0.29, 0.717) is 0 Å². The number of aromatic nitrogens is 1. The maximum atomic E-state index is 11.8. The van der Waals surface area contributed by atoms with Crippen molar-refractivity contribution in [2.24, 2.45) is 5.84 Å². The van der Waals surface area contributed by atoms with E-state index in [1.165, 1.54) is 0 Å². The van der Waals surface area contributed by atoms with Crippen molar-refractivity contribution in [3.63, 3.8) is 0 Å². The normalized spacial score (nSPS) is 17.8. The Bertz CT molecular complexity index is 417. The highest BCUT2D eigenvalue weighted by molar-refractivity contribution is 5.81. The van der Waals surface area contributed by atoms with Gasteiger partial charge in [-0.15, -0.1) is 0 Å². The zero-order valence-corrected chi connectivity index (χ0v) is 12.0. The van der Waals surface area contributed by atoms with Crippen LogP contribution in [-0.2, 0) is 4.79 Å². The summed E-state index contributed by atoms with van der Waals surface area (Å²) in [5, 5.41) is 0. The molecule has 0 radical (unpaired) electrons. The lowest BCUT2D eigenvalue weighted by molar-refractivity contribution is -0.127. The number of anilines is 1. The Morgan fingerprint density at radius 2 is 2.15 bits per heavy atom. The van der Waals surface area contributed by atoms with Crippen molar-refractivity contribution in [1.82, 2.24) is 15.3 Å². The maximum Gasteiger partial charge on any atom is 0.251 e. The third-order valence-corrected chi connectivity index (χ3v) is 3.74. The number of amides is 1. The highest BCUT2D eigenvalue weighted by Gasteiger charge is 2.28. The van der Waals surface area contributed by atoms with Crippen LogP contribution in [-0.4, -0.2) is 48.0 Å². The van der Waals surface area contributed by atoms with Gasteiger partial charge in [0.15, 0.2) is 0 Å². The van der Waals surface area contributed by atoms with Gasteiger partial charge in [-0.1, -0.05) is 19.4 Å². The molecule has 1 saturated heterocycles. The van der Waals surface area contributed by atoms with Crippen molar-refractivity contribution >= 4 is 11.7 Å². The standard InChI is InChI=1S/C14H23N5O/c1-2-5-12(14(20)17-15)18-8-10-19(11-9-18)13-6-3-4-7-16-13/h3-4,6-7,12H,2,5,8-11,15H2,1H3,(H,17,20). The second-order valence-corrected chi connectivity index (χ2v) is 5.02. The minimum absolute atomic E-state index is 0.0851. The van der Waals surface area contributed by atoms with E-state index < -0.39 is 0 Å². The summed E-state index contributed by atoms with van der Waals surface area (Å²) < 4.78 is 0. The average molecular weight is 277 g/mol. The highest BCUT2D eigenvalue weighted by atomic mass is 16.2. The molecule has 20 heavy (non-hydrogen) atoms. The van der Waals surface area contributed by atoms with Gasteiger partial charge in [0.25, 0.3) is 5.91 Å². The summed E-state index contributed by atoms with van der Waals surface area (Å²) >= 11 is 0. The van der Waals surface area contributed by atoms with Gasteiger partial charge in [-0.05, 0) is 18.6 Å². The topological polar surface area (TPSA) is 74.5 Å². The van der Waals surface area contributed by atoms with Crippen LogP contribution in [0.3, 0.4) is 0 Å². The van der Waals surface area contributed by atoms with Gasteiger partial charge in [-0.25, -0.2) is 10.8 Å². The van der Waals surface area contributed by atoms with Gasteiger partial charge < -0.3 is 4.90 Å². The molecule has 3 N–H and O–H groups in total. The zero-order chi connectivity index (χ0) is 14.4. The van der Waals surface area contributed by atoms with Crippen LogP contribution in [0.1, 0.15) is 19.8 Å². The molecule has 1 aromatic heterocycles. The highest BCUT2D eigenvalue weighted by Crippen LogP contribution is 2.16. The molecular formula is C14H23N5O. The van der Waals surface area contributed by atoms with E-state index in [0.717, 1.165) is 44.8 Å². The summed E-state index contributed by atoms with van der Waals surface area (Å²) in [7, 11) is 0. The summed E-state index contributed by atoms with van der Waals surface area (Å²) in [6, 6.07) is 5.82. The first-order chi connectivity index (χ1) is 9.76. The minimum Gasteiger partial charge on any atom is -0.354 e. The van der Waals surface area contributed by atoms with Gasteiger partial charge in [0.2, 0.25) is 0 Å². The van der Waals surface area contributed by atoms with Crippen LogP contribution in [0.2, 0.25) is 0 Å². The van der Waals surface area contributed by atoms with E-state index in [2.05, 4.69) is 27.1 Å². The van der Waals surface area contributed by atoms with Crippen LogP contribution in [0.5, 0.6) is 0 Å². The summed E-state index contributed by atoms with van der Waals surface area (Å²) in [6.45, 7) is 5.56. The molecule has 6 nitrogen and oxygen atoms in total. The fourth-order valence-electron chi connectivity index (χ4n) is 2.65. The Labute approximate surface area is 119 Å². The molecule has 1 atom stereocenters. The van der Waals surface area contributed by atoms with E-state index in [-0.39, 0.29) is 11.9 Å². The van der Waals surface area contributed by atoms with Gasteiger partial charge in [0, 0.05) is 32.4 Å². The van der Waals surface area contributed by atoms with Crippen LogP contribution in [0.4, 0.5) is 5.82 Å². The maximum absolute atomic E-state index is 11.8. The molecule has 1 aliphatic heterocycles. The quantitative estimate of drug-likeness (QED) is 0.462. The first-order valence-corrected chi connectivity index (χ1v) is 7.16. The first-order valence-electron chi connectivity index (χ1n) is 7.16. The number of piperazine rings is 1. The number of nitrogens with one attached hydrogen (secondary N) is 1. The monoisotopic (exact) mass is 277 g/mol. The number of hydrogen-bond acceptors (Lipinski definition) is 5. The Balaban J connectivity index is 1.94. The Morgan fingerprint density at radius 3 is 2.70 bits per heavy atom. The smallest absolute Gasteiger partial charge is 0.251 e. The molecule has 1 fully saturated rings. The van der Waals surface area contributed by atoms with Crippen molar-refractivity contribution in [3.05, 3.63) is 24.4 Å². The number of carbonyl (C=O) groups is 1. The Kier molecular flexibility index (Phi) is 5.31. The number of pyridine rings is 1. The fourth-order valence-corrected chi connectivity index (χ4v) is 2.65. The Morgan fingerprint density at radius 1 is 1.40 bits per heavy atom. The van der Waals surface area contributed by atoms with Crippen LogP contribution in [0.15, 0.2) is 24.4 Å². The predicted octanol–water partition coefficient (Wildman–Crippen LogP) is 0.362. The lowest BCUT2D eigenvalue weighted by atomic mass is 10.1. The lowest BCUT2D eigenvalue weighted by Gasteiger charge is -2.38. The van der Waals surface area contributed by atoms with Crippen molar-refractivity contribution in [2.45, 2.75) is 25.8 Å². The SMILES string of the molecule is CCCC(C(=O)NN)N1CCN(c2ccccn2)CC1. The molecule has 1 unspecified atom stereocenters. The summed E-state index contributed by atoms with van der Waals surface area (Å²) in [5.74, 6) is 6.20. The molecule has 0 saturated carbocycles. The summed E-state index contributed by atoms with van der Waals surface area (Å²) in [4.78, 5) is 20.7. The number of nitrogens with two attached hydrogens (primary N) is 1. The number of nitrogens with zero attached hydrogens (tertiary/aromatic N) is 3. The molecule has 1 amide bonds. The van der Waals surface area contributed by atoms with Crippen molar-refractivity contribution in [2.75, 3.05) is 31.1 Å². The third kappa shape index (κ3) is 3.46. The lowest BCUT2D eigenvalue weighted by Crippen LogP contribution is -2.56. The zero-order valence-electron chi connectivity index (χ0n) is 12.0. The van der Waals surface area contributed by atoms with Crippen LogP contribution in [0, 0.1) is 0 Å². The Hall–Kier alpha value is -1.66. The molecule has 1 aliphatic rings. The molecule has 2 heterocycles. The first kappa shape index (κ1) is 14.7. The molecule has 0 bridgehead atoms. The molecule has 0 spiro atoms. The number of rotatable bonds is 5. The largest absolute Gasteiger partial charge is 0.354 e. The van der Waals surface area contributed by atoms with Crippen molar-refractivity contribution < 1.29 is 4.79 Å². The second kappa shape index (κ2) is 7.21. The molecule has 6 heteroatoms. The van der Waals surface area contributed by atoms with Gasteiger partial charge >= 0.3 is 0 Å². The number of carbonyl (C=O) groups excluding carboxylic acids is 1. The molecule has 0 aliphatic carbocycles. The number of hydrazine groups is 1. The van der Waals surface area contributed by atoms with Crippen LogP contribution >= 0.6 is 0 Å². The average Bonchev–Trinajstić information content (AvgIpc) is 2.53. The fraction of sp³-hybridized carbons (Fsp3) is 0.571. The second-order valence-electron chi connectivity index (χ2n) is 5.02. The van der Waals surface area contributed by atoms with E-state index in [4.69, 9.17) is 5.84 Å². The minimum atomic E-state index is -0.115. The van der Waals surface area contributed by atoms with Crippen LogP contribution < -0.4 is 16.2 Å². The van der Waals surface area contributed by atoms with Crippen LogP contribution in [0.25, 0.3) is 0 Å². The van der Waals surface area contributed by atoms with E-state index in [1.54, 1.807) is 0 Å². The van der Waals surface area contributed by atoms with Crippen molar-refractivity contribution in [3.8, 4) is 0 Å². The molecular weight excluding hydrogens is 254 g/mol. The molecule has 110 valence electrons. The van der Waals surface area contributed by atoms with E-state index in [1.807, 2.05) is 24.4 Å². The summed E-state index contributed by atoms with van der Waals surface area (Å²) in [5.41, 5.74) is 2.28. The number of hydrogen-bond donors (Lipinski definition) is 2. The van der Waals surface area contributed by atoms with Gasteiger partial charge in [-0.2, -0.15) is 0 Å². The van der Waals surface area contributed by atoms with Gasteiger partial charge in [0.1, 0.15) is 5.82 Å². The molecule has 1 aromatic rings. The molecule has 2 rings (SSSR count). The van der Waals surface area contributed by atoms with E-state index in [9.17, 15) is 4.79 Å². The van der Waals surface area contributed by atoms with Crippen molar-refractivity contribution in [1.29, 1.82) is 0 Å². The van der Waals surface area contributed by atoms with Gasteiger partial charge in [-0.3, -0.25) is 15.1 Å².